The van der Waals surface area contributed by atoms with Gasteiger partial charge < -0.3 is 4.42 Å². The molecule has 10 aromatic carbocycles. The van der Waals surface area contributed by atoms with Crippen molar-refractivity contribution in [2.45, 2.75) is 0 Å². The Morgan fingerprint density at radius 1 is 0.226 bits per heavy atom. The molecule has 246 valence electrons. The number of hydrogen-bond acceptors (Lipinski definition) is 1. The van der Waals surface area contributed by atoms with E-state index >= 15 is 0 Å². The van der Waals surface area contributed by atoms with Crippen molar-refractivity contribution in [2.24, 2.45) is 0 Å². The molecule has 0 aliphatic carbocycles. The highest BCUT2D eigenvalue weighted by molar-refractivity contribution is 6.14. The van der Waals surface area contributed by atoms with Crippen molar-refractivity contribution >= 4 is 65.0 Å². The lowest BCUT2D eigenvalue weighted by atomic mass is 9.92. The minimum atomic E-state index is 0.904. The van der Waals surface area contributed by atoms with Gasteiger partial charge in [0, 0.05) is 10.8 Å². The van der Waals surface area contributed by atoms with Crippen LogP contribution in [0.15, 0.2) is 199 Å². The van der Waals surface area contributed by atoms with Gasteiger partial charge in [-0.05, 0) is 136 Å². The second-order valence-electron chi connectivity index (χ2n) is 14.1. The average Bonchev–Trinajstić information content (AvgIpc) is 3.60. The number of rotatable bonds is 4. The molecule has 0 unspecified atom stereocenters. The summed E-state index contributed by atoms with van der Waals surface area (Å²) in [6.07, 6.45) is 0. The van der Waals surface area contributed by atoms with Gasteiger partial charge in [-0.25, -0.2) is 0 Å². The van der Waals surface area contributed by atoms with Gasteiger partial charge in [-0.3, -0.25) is 0 Å². The molecule has 1 nitrogen and oxygen atoms in total. The minimum Gasteiger partial charge on any atom is -0.456 e. The Balaban J connectivity index is 0.920. The van der Waals surface area contributed by atoms with Crippen LogP contribution >= 0.6 is 0 Å². The second-order valence-corrected chi connectivity index (χ2v) is 14.1. The maximum absolute atomic E-state index is 6.51. The number of benzene rings is 10. The standard InChI is InChI=1S/C52H32O/c1-2-8-37-27-39(21-15-33(37)7-1)41-23-25-48-49-26-24-42(32-52(49)53-51(48)31-41)40-22-17-35-16-20-38(28-44(35)29-40)34-13-18-36(19-14-34)50-30-43-9-3-4-10-45(43)46-11-5-6-12-47(46)50/h1-32H. The summed E-state index contributed by atoms with van der Waals surface area (Å²) in [5.74, 6) is 0. The molecule has 0 saturated carbocycles. The molecule has 1 aromatic heterocycles. The van der Waals surface area contributed by atoms with E-state index in [1.54, 1.807) is 0 Å². The molecule has 0 atom stereocenters. The monoisotopic (exact) mass is 672 g/mol. The molecule has 0 aliphatic heterocycles. The summed E-state index contributed by atoms with van der Waals surface area (Å²) in [4.78, 5) is 0. The molecule has 11 rings (SSSR count). The maximum atomic E-state index is 6.51. The smallest absolute Gasteiger partial charge is 0.136 e. The van der Waals surface area contributed by atoms with Crippen LogP contribution in [0.2, 0.25) is 0 Å². The molecule has 0 spiro atoms. The van der Waals surface area contributed by atoms with Crippen molar-refractivity contribution in [2.75, 3.05) is 0 Å². The van der Waals surface area contributed by atoms with Crippen LogP contribution in [0.3, 0.4) is 0 Å². The zero-order valence-corrected chi connectivity index (χ0v) is 28.9. The molecule has 0 N–H and O–H groups in total. The van der Waals surface area contributed by atoms with E-state index in [-0.39, 0.29) is 0 Å². The van der Waals surface area contributed by atoms with E-state index in [0.29, 0.717) is 0 Å². The highest BCUT2D eigenvalue weighted by Crippen LogP contribution is 2.38. The van der Waals surface area contributed by atoms with E-state index in [1.165, 1.54) is 76.5 Å². The molecule has 0 amide bonds. The van der Waals surface area contributed by atoms with Crippen LogP contribution in [-0.4, -0.2) is 0 Å². The van der Waals surface area contributed by atoms with Crippen LogP contribution in [0, 0.1) is 0 Å². The van der Waals surface area contributed by atoms with Gasteiger partial charge in [-0.2, -0.15) is 0 Å². The van der Waals surface area contributed by atoms with Gasteiger partial charge in [0.05, 0.1) is 0 Å². The molecular formula is C52H32O. The van der Waals surface area contributed by atoms with Crippen LogP contribution in [0.5, 0.6) is 0 Å². The van der Waals surface area contributed by atoms with Gasteiger partial charge in [0.1, 0.15) is 11.2 Å². The molecular weight excluding hydrogens is 641 g/mol. The fraction of sp³-hybridized carbons (Fsp3) is 0. The average molecular weight is 673 g/mol. The Morgan fingerprint density at radius 2 is 0.660 bits per heavy atom. The molecule has 0 saturated heterocycles. The Labute approximate surface area is 307 Å². The summed E-state index contributed by atoms with van der Waals surface area (Å²) >= 11 is 0. The first-order valence-electron chi connectivity index (χ1n) is 18.2. The second kappa shape index (κ2) is 11.8. The molecule has 0 fully saturated rings. The fourth-order valence-electron chi connectivity index (χ4n) is 8.25. The lowest BCUT2D eigenvalue weighted by Gasteiger charge is -2.12. The predicted octanol–water partition coefficient (Wildman–Crippen LogP) is 14.9. The summed E-state index contributed by atoms with van der Waals surface area (Å²) < 4.78 is 6.51. The van der Waals surface area contributed by atoms with Crippen molar-refractivity contribution in [1.29, 1.82) is 0 Å². The third-order valence-electron chi connectivity index (χ3n) is 11.0. The summed E-state index contributed by atoms with van der Waals surface area (Å²) in [6, 6.07) is 70.6. The lowest BCUT2D eigenvalue weighted by molar-refractivity contribution is 0.669. The summed E-state index contributed by atoms with van der Waals surface area (Å²) in [6.45, 7) is 0. The minimum absolute atomic E-state index is 0.904. The maximum Gasteiger partial charge on any atom is 0.136 e. The molecule has 1 heterocycles. The molecule has 0 bridgehead atoms. The van der Waals surface area contributed by atoms with Gasteiger partial charge in [0.2, 0.25) is 0 Å². The van der Waals surface area contributed by atoms with Gasteiger partial charge in [0.25, 0.3) is 0 Å². The Bertz CT molecular complexity index is 3220. The molecule has 0 radical (unpaired) electrons. The van der Waals surface area contributed by atoms with E-state index in [4.69, 9.17) is 4.42 Å². The van der Waals surface area contributed by atoms with Crippen LogP contribution in [0.25, 0.3) is 110 Å². The Hall–Kier alpha value is -6.96. The van der Waals surface area contributed by atoms with Crippen molar-refractivity contribution in [1.82, 2.24) is 0 Å². The Morgan fingerprint density at radius 3 is 1.32 bits per heavy atom. The number of fused-ring (bicyclic) bond motifs is 8. The number of furan rings is 1. The fourth-order valence-corrected chi connectivity index (χ4v) is 8.25. The van der Waals surface area contributed by atoms with Crippen LogP contribution in [-0.2, 0) is 0 Å². The quantitative estimate of drug-likeness (QED) is 0.170. The first-order chi connectivity index (χ1) is 26.2. The predicted molar refractivity (Wildman–Crippen MR) is 225 cm³/mol. The lowest BCUT2D eigenvalue weighted by Crippen LogP contribution is -1.85. The van der Waals surface area contributed by atoms with Crippen LogP contribution < -0.4 is 0 Å². The number of hydrogen-bond donors (Lipinski definition) is 0. The molecule has 0 aliphatic rings. The van der Waals surface area contributed by atoms with Crippen molar-refractivity contribution in [3.05, 3.63) is 194 Å². The van der Waals surface area contributed by atoms with Crippen molar-refractivity contribution in [3.8, 4) is 44.5 Å². The Kier molecular flexibility index (Phi) is 6.62. The molecule has 11 aromatic rings. The van der Waals surface area contributed by atoms with Crippen LogP contribution in [0.4, 0.5) is 0 Å². The molecule has 1 heteroatoms. The van der Waals surface area contributed by atoms with Crippen LogP contribution in [0.1, 0.15) is 0 Å². The third-order valence-corrected chi connectivity index (χ3v) is 11.0. The summed E-state index contributed by atoms with van der Waals surface area (Å²) in [7, 11) is 0. The van der Waals surface area contributed by atoms with E-state index in [9.17, 15) is 0 Å². The zero-order chi connectivity index (χ0) is 34.9. The van der Waals surface area contributed by atoms with Gasteiger partial charge in [-0.1, -0.05) is 146 Å². The van der Waals surface area contributed by atoms with E-state index < -0.39 is 0 Å². The largest absolute Gasteiger partial charge is 0.456 e. The highest BCUT2D eigenvalue weighted by Gasteiger charge is 2.12. The normalized spacial score (nSPS) is 11.8. The van der Waals surface area contributed by atoms with E-state index in [2.05, 4.69) is 194 Å². The molecule has 53 heavy (non-hydrogen) atoms. The van der Waals surface area contributed by atoms with Crippen molar-refractivity contribution in [3.63, 3.8) is 0 Å². The zero-order valence-electron chi connectivity index (χ0n) is 28.9. The van der Waals surface area contributed by atoms with E-state index in [1.807, 2.05) is 0 Å². The van der Waals surface area contributed by atoms with Gasteiger partial charge in [-0.15, -0.1) is 0 Å². The van der Waals surface area contributed by atoms with Crippen molar-refractivity contribution < 1.29 is 4.42 Å². The summed E-state index contributed by atoms with van der Waals surface area (Å²) in [5, 5.41) is 12.3. The first kappa shape index (κ1) is 29.7. The highest BCUT2D eigenvalue weighted by atomic mass is 16.3. The SMILES string of the molecule is c1ccc2cc(-c3ccc4c(c3)oc3cc(-c5ccc6ccc(-c7ccc(-c8cc9ccccc9c9ccccc89)cc7)cc6c5)ccc34)ccc2c1. The summed E-state index contributed by atoms with van der Waals surface area (Å²) in [5.41, 5.74) is 11.4. The van der Waals surface area contributed by atoms with E-state index in [0.717, 1.165) is 33.1 Å². The third kappa shape index (κ3) is 5.01. The van der Waals surface area contributed by atoms with Gasteiger partial charge >= 0.3 is 0 Å². The topological polar surface area (TPSA) is 13.1 Å². The first-order valence-corrected chi connectivity index (χ1v) is 18.2. The van der Waals surface area contributed by atoms with Gasteiger partial charge in [0.15, 0.2) is 0 Å².